The maximum Gasteiger partial charge on any atom is 0.252 e. The van der Waals surface area contributed by atoms with Gasteiger partial charge in [0.25, 0.3) is 5.91 Å². The van der Waals surface area contributed by atoms with Crippen molar-refractivity contribution in [2.75, 3.05) is 11.4 Å². The Labute approximate surface area is 138 Å². The molecule has 1 saturated heterocycles. The minimum Gasteiger partial charge on any atom is -0.365 e. The standard InChI is InChI=1S/C18H17FN4O/c19-13-4-1-3-12(9-13)16-5-2-7-22(16)14-6-8-23-17(10-14)15(11-21-23)18(20)24/h1,3-4,6,8-11,16H,2,5,7H2,(H2,20,24)/t16-/m1/s1. The molecule has 6 heteroatoms. The lowest BCUT2D eigenvalue weighted by atomic mass is 10.0. The number of carbonyl (C=O) groups excluding carboxylic acids is 1. The van der Waals surface area contributed by atoms with E-state index in [1.54, 1.807) is 16.6 Å². The van der Waals surface area contributed by atoms with Gasteiger partial charge in [0, 0.05) is 18.4 Å². The second-order valence-electron chi connectivity index (χ2n) is 6.04. The van der Waals surface area contributed by atoms with E-state index in [-0.39, 0.29) is 11.9 Å². The monoisotopic (exact) mass is 324 g/mol. The number of rotatable bonds is 3. The molecule has 1 aliphatic rings. The van der Waals surface area contributed by atoms with E-state index in [4.69, 9.17) is 5.73 Å². The van der Waals surface area contributed by atoms with Gasteiger partial charge in [-0.3, -0.25) is 4.79 Å². The summed E-state index contributed by atoms with van der Waals surface area (Å²) in [5.74, 6) is -0.716. The second-order valence-corrected chi connectivity index (χ2v) is 6.04. The van der Waals surface area contributed by atoms with E-state index in [1.165, 1.54) is 12.3 Å². The normalized spacial score (nSPS) is 17.5. The lowest BCUT2D eigenvalue weighted by Gasteiger charge is -2.27. The van der Waals surface area contributed by atoms with Crippen molar-refractivity contribution in [2.24, 2.45) is 5.73 Å². The van der Waals surface area contributed by atoms with Crippen LogP contribution in [0, 0.1) is 5.82 Å². The Bertz CT molecular complexity index is 920. The Morgan fingerprint density at radius 2 is 2.17 bits per heavy atom. The first-order chi connectivity index (χ1) is 11.6. The number of pyridine rings is 1. The van der Waals surface area contributed by atoms with Crippen LogP contribution in [0.2, 0.25) is 0 Å². The van der Waals surface area contributed by atoms with E-state index in [2.05, 4.69) is 10.00 Å². The molecular formula is C18H17FN4O. The molecule has 2 aromatic heterocycles. The van der Waals surface area contributed by atoms with Crippen molar-refractivity contribution in [2.45, 2.75) is 18.9 Å². The van der Waals surface area contributed by atoms with Crippen LogP contribution in [0.5, 0.6) is 0 Å². The summed E-state index contributed by atoms with van der Waals surface area (Å²) in [5, 5.41) is 4.14. The first-order valence-corrected chi connectivity index (χ1v) is 7.93. The third-order valence-corrected chi connectivity index (χ3v) is 4.59. The lowest BCUT2D eigenvalue weighted by Crippen LogP contribution is -2.22. The number of carbonyl (C=O) groups is 1. The zero-order valence-corrected chi connectivity index (χ0v) is 13.0. The maximum atomic E-state index is 13.6. The summed E-state index contributed by atoms with van der Waals surface area (Å²) in [7, 11) is 0. The first kappa shape index (κ1) is 14.7. The fourth-order valence-electron chi connectivity index (χ4n) is 3.47. The molecule has 0 aliphatic carbocycles. The molecule has 0 spiro atoms. The van der Waals surface area contributed by atoms with Gasteiger partial charge in [-0.25, -0.2) is 8.91 Å². The van der Waals surface area contributed by atoms with Crippen molar-refractivity contribution in [1.29, 1.82) is 0 Å². The number of halogens is 1. The molecule has 1 fully saturated rings. The molecule has 0 bridgehead atoms. The summed E-state index contributed by atoms with van der Waals surface area (Å²) in [6.07, 6.45) is 5.30. The highest BCUT2D eigenvalue weighted by atomic mass is 19.1. The van der Waals surface area contributed by atoms with E-state index < -0.39 is 5.91 Å². The zero-order valence-electron chi connectivity index (χ0n) is 13.0. The topological polar surface area (TPSA) is 63.6 Å². The molecule has 5 nitrogen and oxygen atoms in total. The molecule has 0 radical (unpaired) electrons. The number of benzene rings is 1. The predicted octanol–water partition coefficient (Wildman–Crippen LogP) is 2.91. The van der Waals surface area contributed by atoms with Crippen LogP contribution < -0.4 is 10.6 Å². The Hall–Kier alpha value is -2.89. The van der Waals surface area contributed by atoms with Crippen molar-refractivity contribution in [3.8, 4) is 0 Å². The number of fused-ring (bicyclic) bond motifs is 1. The van der Waals surface area contributed by atoms with Crippen LogP contribution in [0.3, 0.4) is 0 Å². The minimum atomic E-state index is -0.495. The molecule has 1 amide bonds. The van der Waals surface area contributed by atoms with Crippen molar-refractivity contribution < 1.29 is 9.18 Å². The molecule has 1 aromatic carbocycles. The summed E-state index contributed by atoms with van der Waals surface area (Å²) in [6, 6.07) is 10.8. The summed E-state index contributed by atoms with van der Waals surface area (Å²) in [6.45, 7) is 0.886. The summed E-state index contributed by atoms with van der Waals surface area (Å²) in [5.41, 5.74) is 8.45. The molecule has 3 aromatic rings. The third-order valence-electron chi connectivity index (χ3n) is 4.59. The first-order valence-electron chi connectivity index (χ1n) is 7.93. The van der Waals surface area contributed by atoms with Gasteiger partial charge in [-0.15, -0.1) is 0 Å². The van der Waals surface area contributed by atoms with Crippen molar-refractivity contribution in [3.05, 3.63) is 65.7 Å². The highest BCUT2D eigenvalue weighted by Crippen LogP contribution is 2.36. The Kier molecular flexibility index (Phi) is 3.45. The molecule has 2 N–H and O–H groups in total. The number of nitrogens with zero attached hydrogens (tertiary/aromatic N) is 3. The van der Waals surface area contributed by atoms with Gasteiger partial charge in [-0.05, 0) is 42.7 Å². The fourth-order valence-corrected chi connectivity index (χ4v) is 3.47. The van der Waals surface area contributed by atoms with Gasteiger partial charge in [-0.1, -0.05) is 12.1 Å². The molecule has 0 saturated carbocycles. The highest BCUT2D eigenvalue weighted by Gasteiger charge is 2.27. The molecule has 4 rings (SSSR count). The molecule has 3 heterocycles. The molecule has 122 valence electrons. The smallest absolute Gasteiger partial charge is 0.252 e. The molecule has 1 atom stereocenters. The number of hydrogen-bond donors (Lipinski definition) is 1. The summed E-state index contributed by atoms with van der Waals surface area (Å²) < 4.78 is 15.2. The Morgan fingerprint density at radius 1 is 1.29 bits per heavy atom. The van der Waals surface area contributed by atoms with Crippen molar-refractivity contribution in [3.63, 3.8) is 0 Å². The largest absolute Gasteiger partial charge is 0.365 e. The number of hydrogen-bond acceptors (Lipinski definition) is 3. The average Bonchev–Trinajstić information content (AvgIpc) is 3.21. The van der Waals surface area contributed by atoms with Crippen LogP contribution in [0.15, 0.2) is 48.8 Å². The fraction of sp³-hybridized carbons (Fsp3) is 0.222. The molecular weight excluding hydrogens is 307 g/mol. The van der Waals surface area contributed by atoms with Gasteiger partial charge in [0.1, 0.15) is 5.82 Å². The van der Waals surface area contributed by atoms with Gasteiger partial charge in [-0.2, -0.15) is 5.10 Å². The molecule has 1 aliphatic heterocycles. The van der Waals surface area contributed by atoms with Crippen LogP contribution in [0.25, 0.3) is 5.52 Å². The van der Waals surface area contributed by atoms with Gasteiger partial charge in [0.05, 0.1) is 23.3 Å². The van der Waals surface area contributed by atoms with Crippen LogP contribution in [0.4, 0.5) is 10.1 Å². The summed E-state index contributed by atoms with van der Waals surface area (Å²) in [4.78, 5) is 13.8. The van der Waals surface area contributed by atoms with Crippen molar-refractivity contribution >= 4 is 17.1 Å². The molecule has 0 unspecified atom stereocenters. The third kappa shape index (κ3) is 2.40. The number of nitrogens with two attached hydrogens (primary N) is 1. The van der Waals surface area contributed by atoms with Gasteiger partial charge in [0.2, 0.25) is 0 Å². The number of amides is 1. The van der Waals surface area contributed by atoms with E-state index >= 15 is 0 Å². The summed E-state index contributed by atoms with van der Waals surface area (Å²) >= 11 is 0. The van der Waals surface area contributed by atoms with E-state index in [1.807, 2.05) is 24.4 Å². The SMILES string of the molecule is NC(=O)c1cnn2ccc(N3CCC[C@@H]3c3cccc(F)c3)cc12. The Morgan fingerprint density at radius 3 is 2.96 bits per heavy atom. The minimum absolute atomic E-state index is 0.128. The average molecular weight is 324 g/mol. The van der Waals surface area contributed by atoms with Gasteiger partial charge >= 0.3 is 0 Å². The highest BCUT2D eigenvalue weighted by molar-refractivity contribution is 5.99. The van der Waals surface area contributed by atoms with Crippen LogP contribution >= 0.6 is 0 Å². The molecule has 24 heavy (non-hydrogen) atoms. The van der Waals surface area contributed by atoms with E-state index in [0.29, 0.717) is 11.1 Å². The quantitative estimate of drug-likeness (QED) is 0.806. The number of anilines is 1. The van der Waals surface area contributed by atoms with Crippen LogP contribution in [-0.2, 0) is 0 Å². The maximum absolute atomic E-state index is 13.6. The number of aromatic nitrogens is 2. The number of primary amides is 1. The van der Waals surface area contributed by atoms with Crippen LogP contribution in [-0.4, -0.2) is 22.1 Å². The Balaban J connectivity index is 1.75. The van der Waals surface area contributed by atoms with Crippen LogP contribution in [0.1, 0.15) is 34.8 Å². The lowest BCUT2D eigenvalue weighted by molar-refractivity contribution is 0.100. The van der Waals surface area contributed by atoms with E-state index in [0.717, 1.165) is 30.6 Å². The second kappa shape index (κ2) is 5.63. The van der Waals surface area contributed by atoms with Crippen molar-refractivity contribution in [1.82, 2.24) is 9.61 Å². The van der Waals surface area contributed by atoms with E-state index in [9.17, 15) is 9.18 Å². The van der Waals surface area contributed by atoms with Gasteiger partial charge in [0.15, 0.2) is 0 Å². The zero-order chi connectivity index (χ0) is 16.7. The van der Waals surface area contributed by atoms with Gasteiger partial charge < -0.3 is 10.6 Å². The predicted molar refractivity (Wildman–Crippen MR) is 89.4 cm³/mol.